The number of aryl methyl sites for hydroxylation is 2. The first kappa shape index (κ1) is 34.2. The molecule has 0 aliphatic rings. The number of benzene rings is 4. The molecule has 0 heterocycles. The molecule has 0 fully saturated rings. The minimum atomic E-state index is -4.20. The van der Waals surface area contributed by atoms with Crippen LogP contribution in [0.4, 0.5) is 5.69 Å². The lowest BCUT2D eigenvalue weighted by atomic mass is 10.0. The predicted octanol–water partition coefficient (Wildman–Crippen LogP) is 5.92. The number of hydrogen-bond acceptors (Lipinski definition) is 5. The molecule has 0 saturated carbocycles. The molecule has 4 aromatic rings. The Hall–Kier alpha value is -4.63. The first-order valence-corrected chi connectivity index (χ1v) is 16.8. The summed E-state index contributed by atoms with van der Waals surface area (Å²) in [5, 5.41) is 3.02. The summed E-state index contributed by atoms with van der Waals surface area (Å²) in [4.78, 5) is 30.0. The van der Waals surface area contributed by atoms with Gasteiger partial charge in [-0.2, -0.15) is 0 Å². The van der Waals surface area contributed by atoms with Crippen LogP contribution in [0.5, 0.6) is 5.75 Å². The van der Waals surface area contributed by atoms with Crippen molar-refractivity contribution in [3.05, 3.63) is 125 Å². The highest BCUT2D eigenvalue weighted by molar-refractivity contribution is 7.92. The van der Waals surface area contributed by atoms with Crippen molar-refractivity contribution in [1.29, 1.82) is 0 Å². The fourth-order valence-corrected chi connectivity index (χ4v) is 6.48. The van der Waals surface area contributed by atoms with Gasteiger partial charge in [0.15, 0.2) is 0 Å². The van der Waals surface area contributed by atoms with Crippen molar-refractivity contribution < 1.29 is 22.7 Å². The minimum Gasteiger partial charge on any atom is -0.497 e. The monoisotopic (exact) mass is 641 g/mol. The van der Waals surface area contributed by atoms with E-state index in [-0.39, 0.29) is 29.7 Å². The second-order valence-electron chi connectivity index (χ2n) is 11.8. The number of anilines is 1. The number of carbonyl (C=O) groups excluding carboxylic acids is 2. The molecule has 0 aliphatic heterocycles. The number of hydrogen-bond donors (Lipinski definition) is 1. The fourth-order valence-electron chi connectivity index (χ4n) is 5.06. The minimum absolute atomic E-state index is 0.0163. The van der Waals surface area contributed by atoms with Crippen molar-refractivity contribution >= 4 is 27.5 Å². The molecule has 2 amide bonds. The lowest BCUT2D eigenvalue weighted by Gasteiger charge is -2.34. The first-order valence-electron chi connectivity index (χ1n) is 15.4. The lowest BCUT2D eigenvalue weighted by molar-refractivity contribution is -0.140. The van der Waals surface area contributed by atoms with Crippen LogP contribution in [-0.4, -0.2) is 51.4 Å². The maximum absolute atomic E-state index is 14.6. The number of methoxy groups -OCH3 is 1. The van der Waals surface area contributed by atoms with Gasteiger partial charge in [-0.05, 0) is 72.9 Å². The molecule has 0 aliphatic carbocycles. The standard InChI is InChI=1S/C37H43N3O5S/c1-27(2)24-38-37(42)35(23-30-12-7-6-8-13-30)39(25-31-14-10-9-11-29(31)4)36(41)26-40(32-17-15-28(3)16-18-32)46(43,44)34-21-19-33(45-5)20-22-34/h6-22,27,35H,23-26H2,1-5H3,(H,38,42)/t35-/m1/s1. The highest BCUT2D eigenvalue weighted by Gasteiger charge is 2.35. The van der Waals surface area contributed by atoms with Crippen molar-refractivity contribution in [2.75, 3.05) is 24.5 Å². The molecule has 4 rings (SSSR count). The van der Waals surface area contributed by atoms with Crippen LogP contribution in [0.15, 0.2) is 108 Å². The van der Waals surface area contributed by atoms with Gasteiger partial charge in [0.25, 0.3) is 10.0 Å². The quantitative estimate of drug-likeness (QED) is 0.185. The third-order valence-corrected chi connectivity index (χ3v) is 9.59. The van der Waals surface area contributed by atoms with Gasteiger partial charge in [-0.15, -0.1) is 0 Å². The summed E-state index contributed by atoms with van der Waals surface area (Å²) >= 11 is 0. The third-order valence-electron chi connectivity index (χ3n) is 7.81. The summed E-state index contributed by atoms with van der Waals surface area (Å²) in [7, 11) is -2.69. The second-order valence-corrected chi connectivity index (χ2v) is 13.7. The number of nitrogens with one attached hydrogen (secondary N) is 1. The number of amides is 2. The molecular formula is C37H43N3O5S. The molecule has 0 spiro atoms. The van der Waals surface area contributed by atoms with E-state index < -0.39 is 28.5 Å². The number of sulfonamides is 1. The van der Waals surface area contributed by atoms with Crippen molar-refractivity contribution in [1.82, 2.24) is 10.2 Å². The van der Waals surface area contributed by atoms with E-state index in [0.29, 0.717) is 18.0 Å². The van der Waals surface area contributed by atoms with Gasteiger partial charge in [-0.1, -0.05) is 86.1 Å². The molecule has 9 heteroatoms. The van der Waals surface area contributed by atoms with Gasteiger partial charge in [0.2, 0.25) is 11.8 Å². The molecule has 0 radical (unpaired) electrons. The lowest BCUT2D eigenvalue weighted by Crippen LogP contribution is -2.53. The van der Waals surface area contributed by atoms with Gasteiger partial charge in [0, 0.05) is 19.5 Å². The summed E-state index contributed by atoms with van der Waals surface area (Å²) in [6.07, 6.45) is 0.262. The normalized spacial score (nSPS) is 12.0. The van der Waals surface area contributed by atoms with Crippen molar-refractivity contribution in [2.45, 2.75) is 51.6 Å². The van der Waals surface area contributed by atoms with E-state index in [1.54, 1.807) is 36.4 Å². The summed E-state index contributed by atoms with van der Waals surface area (Å²) in [6, 6.07) is 29.4. The van der Waals surface area contributed by atoms with Crippen LogP contribution in [0.25, 0.3) is 0 Å². The summed E-state index contributed by atoms with van der Waals surface area (Å²) in [5.41, 5.74) is 4.00. The number of rotatable bonds is 14. The van der Waals surface area contributed by atoms with E-state index in [9.17, 15) is 18.0 Å². The molecular weight excluding hydrogens is 598 g/mol. The second kappa shape index (κ2) is 15.6. The van der Waals surface area contributed by atoms with E-state index in [1.165, 1.54) is 24.1 Å². The Kier molecular flexibility index (Phi) is 11.6. The van der Waals surface area contributed by atoms with Gasteiger partial charge in [0.05, 0.1) is 17.7 Å². The molecule has 1 atom stereocenters. The van der Waals surface area contributed by atoms with E-state index in [4.69, 9.17) is 4.74 Å². The number of ether oxygens (including phenoxy) is 1. The Bertz CT molecular complexity index is 1710. The van der Waals surface area contributed by atoms with Crippen LogP contribution in [0.1, 0.15) is 36.1 Å². The molecule has 8 nitrogen and oxygen atoms in total. The maximum Gasteiger partial charge on any atom is 0.264 e. The summed E-state index contributed by atoms with van der Waals surface area (Å²) in [5.74, 6) is -0.0769. The van der Waals surface area contributed by atoms with Gasteiger partial charge >= 0.3 is 0 Å². The van der Waals surface area contributed by atoms with E-state index in [1.807, 2.05) is 82.3 Å². The van der Waals surface area contributed by atoms with Gasteiger partial charge in [-0.3, -0.25) is 13.9 Å². The van der Waals surface area contributed by atoms with Crippen molar-refractivity contribution in [3.8, 4) is 5.75 Å². The smallest absolute Gasteiger partial charge is 0.264 e. The Morgan fingerprint density at radius 2 is 1.46 bits per heavy atom. The zero-order valence-electron chi connectivity index (χ0n) is 27.1. The molecule has 0 aromatic heterocycles. The fraction of sp³-hybridized carbons (Fsp3) is 0.297. The van der Waals surface area contributed by atoms with Crippen LogP contribution in [-0.2, 0) is 32.6 Å². The third kappa shape index (κ3) is 8.75. The van der Waals surface area contributed by atoms with Crippen LogP contribution in [0, 0.1) is 19.8 Å². The SMILES string of the molecule is COc1ccc(S(=O)(=O)N(CC(=O)N(Cc2ccccc2C)[C@H](Cc2ccccc2)C(=O)NCC(C)C)c2ccc(C)cc2)cc1. The van der Waals surface area contributed by atoms with Crippen molar-refractivity contribution in [2.24, 2.45) is 5.92 Å². The molecule has 242 valence electrons. The predicted molar refractivity (Wildman–Crippen MR) is 182 cm³/mol. The highest BCUT2D eigenvalue weighted by atomic mass is 32.2. The van der Waals surface area contributed by atoms with Crippen LogP contribution < -0.4 is 14.4 Å². The molecule has 0 bridgehead atoms. The number of carbonyl (C=O) groups is 2. The summed E-state index contributed by atoms with van der Waals surface area (Å²) in [6.45, 7) is 7.94. The van der Waals surface area contributed by atoms with Crippen LogP contribution in [0.2, 0.25) is 0 Å². The Balaban J connectivity index is 1.80. The van der Waals surface area contributed by atoms with Gasteiger partial charge in [0.1, 0.15) is 18.3 Å². The molecule has 4 aromatic carbocycles. The number of nitrogens with zero attached hydrogens (tertiary/aromatic N) is 2. The largest absolute Gasteiger partial charge is 0.497 e. The molecule has 0 saturated heterocycles. The van der Waals surface area contributed by atoms with Crippen molar-refractivity contribution in [3.63, 3.8) is 0 Å². The Morgan fingerprint density at radius 1 is 0.826 bits per heavy atom. The zero-order valence-corrected chi connectivity index (χ0v) is 28.0. The van der Waals surface area contributed by atoms with Gasteiger partial charge in [-0.25, -0.2) is 8.42 Å². The van der Waals surface area contributed by atoms with Crippen LogP contribution >= 0.6 is 0 Å². The first-order chi connectivity index (χ1) is 22.0. The Morgan fingerprint density at radius 3 is 2.07 bits per heavy atom. The average molecular weight is 642 g/mol. The molecule has 46 heavy (non-hydrogen) atoms. The van der Waals surface area contributed by atoms with E-state index in [2.05, 4.69) is 5.32 Å². The average Bonchev–Trinajstić information content (AvgIpc) is 3.05. The summed E-state index contributed by atoms with van der Waals surface area (Å²) < 4.78 is 34.7. The van der Waals surface area contributed by atoms with Crippen LogP contribution in [0.3, 0.4) is 0 Å². The highest BCUT2D eigenvalue weighted by Crippen LogP contribution is 2.27. The van der Waals surface area contributed by atoms with E-state index in [0.717, 1.165) is 26.6 Å². The topological polar surface area (TPSA) is 96.0 Å². The molecule has 0 unspecified atom stereocenters. The zero-order chi connectivity index (χ0) is 33.3. The maximum atomic E-state index is 14.6. The molecule has 1 N–H and O–H groups in total. The van der Waals surface area contributed by atoms with Gasteiger partial charge < -0.3 is 15.0 Å². The Labute approximate surface area is 273 Å². The van der Waals surface area contributed by atoms with E-state index >= 15 is 0 Å².